The van der Waals surface area contributed by atoms with E-state index in [2.05, 4.69) is 36.4 Å². The van der Waals surface area contributed by atoms with Gasteiger partial charge >= 0.3 is 0 Å². The molecule has 0 aliphatic heterocycles. The van der Waals surface area contributed by atoms with Gasteiger partial charge in [-0.3, -0.25) is 9.48 Å². The molecule has 3 heterocycles. The van der Waals surface area contributed by atoms with Crippen LogP contribution in [-0.4, -0.2) is 30.3 Å². The minimum atomic E-state index is -0.230. The molecule has 1 aromatic carbocycles. The molecule has 1 amide bonds. The molecular weight excluding hydrogens is 408 g/mol. The molecule has 0 fully saturated rings. The van der Waals surface area contributed by atoms with Crippen LogP contribution in [0.15, 0.2) is 53.4 Å². The van der Waals surface area contributed by atoms with Gasteiger partial charge in [0.05, 0.1) is 34.8 Å². The van der Waals surface area contributed by atoms with Crippen molar-refractivity contribution < 1.29 is 4.79 Å². The van der Waals surface area contributed by atoms with Gasteiger partial charge in [-0.2, -0.15) is 10.2 Å². The SMILES string of the molecule is Cc1ccc(-c2ccnc3c(C(=O)NCc4c(Br)cnn4C)cnn23)cc1. The Morgan fingerprint density at radius 1 is 1.15 bits per heavy atom. The first-order chi connectivity index (χ1) is 13.0. The molecule has 27 heavy (non-hydrogen) atoms. The van der Waals surface area contributed by atoms with Crippen LogP contribution in [0.4, 0.5) is 0 Å². The summed E-state index contributed by atoms with van der Waals surface area (Å²) < 4.78 is 4.26. The van der Waals surface area contributed by atoms with Crippen LogP contribution in [0.1, 0.15) is 21.6 Å². The molecule has 0 bridgehead atoms. The van der Waals surface area contributed by atoms with E-state index in [0.717, 1.165) is 21.4 Å². The predicted octanol–water partition coefficient (Wildman–Crippen LogP) is 3.13. The molecule has 136 valence electrons. The van der Waals surface area contributed by atoms with Crippen LogP contribution in [0.2, 0.25) is 0 Å². The number of carbonyl (C=O) groups is 1. The monoisotopic (exact) mass is 424 g/mol. The van der Waals surface area contributed by atoms with Gasteiger partial charge in [-0.15, -0.1) is 0 Å². The van der Waals surface area contributed by atoms with Gasteiger partial charge in [0.15, 0.2) is 5.65 Å². The van der Waals surface area contributed by atoms with Crippen LogP contribution in [0.5, 0.6) is 0 Å². The molecule has 0 aliphatic carbocycles. The molecule has 0 saturated heterocycles. The summed E-state index contributed by atoms with van der Waals surface area (Å²) in [4.78, 5) is 17.0. The molecule has 4 aromatic rings. The van der Waals surface area contributed by atoms with E-state index in [1.807, 2.05) is 44.3 Å². The van der Waals surface area contributed by atoms with Crippen molar-refractivity contribution in [3.05, 3.63) is 70.2 Å². The number of hydrogen-bond donors (Lipinski definition) is 1. The maximum absolute atomic E-state index is 12.7. The van der Waals surface area contributed by atoms with Crippen molar-refractivity contribution in [1.82, 2.24) is 29.7 Å². The Hall–Kier alpha value is -3.00. The van der Waals surface area contributed by atoms with Crippen LogP contribution >= 0.6 is 15.9 Å². The second-order valence-electron chi connectivity index (χ2n) is 6.24. The first-order valence-electron chi connectivity index (χ1n) is 8.39. The third-order valence-electron chi connectivity index (χ3n) is 4.42. The van der Waals surface area contributed by atoms with E-state index in [0.29, 0.717) is 17.8 Å². The second-order valence-corrected chi connectivity index (χ2v) is 7.09. The van der Waals surface area contributed by atoms with Gasteiger partial charge in [0, 0.05) is 18.8 Å². The molecule has 1 N–H and O–H groups in total. The predicted molar refractivity (Wildman–Crippen MR) is 105 cm³/mol. The molecule has 3 aromatic heterocycles. The third-order valence-corrected chi connectivity index (χ3v) is 5.08. The van der Waals surface area contributed by atoms with E-state index in [-0.39, 0.29) is 5.91 Å². The molecule has 0 spiro atoms. The molecule has 0 aliphatic rings. The topological polar surface area (TPSA) is 77.1 Å². The highest BCUT2D eigenvalue weighted by Gasteiger charge is 2.17. The van der Waals surface area contributed by atoms with E-state index in [1.54, 1.807) is 27.8 Å². The first kappa shape index (κ1) is 17.4. The van der Waals surface area contributed by atoms with E-state index < -0.39 is 0 Å². The lowest BCUT2D eigenvalue weighted by atomic mass is 10.1. The van der Waals surface area contributed by atoms with E-state index >= 15 is 0 Å². The van der Waals surface area contributed by atoms with E-state index in [9.17, 15) is 4.79 Å². The summed E-state index contributed by atoms with van der Waals surface area (Å²) in [6, 6.07) is 10.0. The molecule has 0 unspecified atom stereocenters. The summed E-state index contributed by atoms with van der Waals surface area (Å²) in [5.74, 6) is -0.230. The average Bonchev–Trinajstić information content (AvgIpc) is 3.24. The van der Waals surface area contributed by atoms with Gasteiger partial charge in [0.25, 0.3) is 5.91 Å². The Morgan fingerprint density at radius 2 is 1.93 bits per heavy atom. The van der Waals surface area contributed by atoms with Crippen molar-refractivity contribution in [3.63, 3.8) is 0 Å². The number of aryl methyl sites for hydroxylation is 2. The zero-order valence-electron chi connectivity index (χ0n) is 14.8. The number of hydrogen-bond acceptors (Lipinski definition) is 4. The molecular formula is C19H17BrN6O. The summed E-state index contributed by atoms with van der Waals surface area (Å²) in [6.07, 6.45) is 4.94. The highest BCUT2D eigenvalue weighted by molar-refractivity contribution is 9.10. The van der Waals surface area contributed by atoms with Crippen LogP contribution in [0.25, 0.3) is 16.9 Å². The van der Waals surface area contributed by atoms with Crippen molar-refractivity contribution in [2.45, 2.75) is 13.5 Å². The fourth-order valence-corrected chi connectivity index (χ4v) is 3.38. The Balaban J connectivity index is 1.64. The van der Waals surface area contributed by atoms with Crippen LogP contribution in [0, 0.1) is 6.92 Å². The second kappa shape index (κ2) is 6.96. The van der Waals surface area contributed by atoms with Gasteiger partial charge in [-0.25, -0.2) is 9.50 Å². The van der Waals surface area contributed by atoms with E-state index in [4.69, 9.17) is 0 Å². The number of nitrogens with zero attached hydrogens (tertiary/aromatic N) is 5. The quantitative estimate of drug-likeness (QED) is 0.545. The Bertz CT molecular complexity index is 1110. The molecule has 0 radical (unpaired) electrons. The van der Waals surface area contributed by atoms with E-state index in [1.165, 1.54) is 5.56 Å². The summed E-state index contributed by atoms with van der Waals surface area (Å²) in [5, 5.41) is 11.4. The number of fused-ring (bicyclic) bond motifs is 1. The van der Waals surface area contributed by atoms with Crippen molar-refractivity contribution in [1.29, 1.82) is 0 Å². The average molecular weight is 425 g/mol. The normalized spacial score (nSPS) is 11.1. The largest absolute Gasteiger partial charge is 0.346 e. The summed E-state index contributed by atoms with van der Waals surface area (Å²) in [5.41, 5.74) is 4.92. The Labute approximate surface area is 164 Å². The first-order valence-corrected chi connectivity index (χ1v) is 9.18. The Morgan fingerprint density at radius 3 is 2.63 bits per heavy atom. The fraction of sp³-hybridized carbons (Fsp3) is 0.158. The van der Waals surface area contributed by atoms with Crippen LogP contribution in [0.3, 0.4) is 0 Å². The van der Waals surface area contributed by atoms with Crippen LogP contribution < -0.4 is 5.32 Å². The maximum Gasteiger partial charge on any atom is 0.257 e. The van der Waals surface area contributed by atoms with Crippen molar-refractivity contribution in [2.75, 3.05) is 0 Å². The third kappa shape index (κ3) is 3.23. The van der Waals surface area contributed by atoms with Gasteiger partial charge in [-0.1, -0.05) is 29.8 Å². The summed E-state index contributed by atoms with van der Waals surface area (Å²) in [6.45, 7) is 2.40. The van der Waals surface area contributed by atoms with Crippen molar-refractivity contribution in [3.8, 4) is 11.3 Å². The molecule has 8 heteroatoms. The smallest absolute Gasteiger partial charge is 0.257 e. The summed E-state index contributed by atoms with van der Waals surface area (Å²) >= 11 is 3.43. The maximum atomic E-state index is 12.7. The molecule has 0 saturated carbocycles. The molecule has 0 atom stereocenters. The zero-order valence-corrected chi connectivity index (χ0v) is 16.4. The standard InChI is InChI=1S/C19H17BrN6O/c1-12-3-5-13(6-4-12)16-7-8-21-18-14(9-24-26(16)18)19(27)22-11-17-15(20)10-23-25(17)2/h3-10H,11H2,1-2H3,(H,22,27). The van der Waals surface area contributed by atoms with Gasteiger partial charge in [0.1, 0.15) is 5.56 Å². The summed E-state index contributed by atoms with van der Waals surface area (Å²) in [7, 11) is 1.83. The fourth-order valence-electron chi connectivity index (χ4n) is 2.89. The molecule has 7 nitrogen and oxygen atoms in total. The number of halogens is 1. The highest BCUT2D eigenvalue weighted by Crippen LogP contribution is 2.21. The zero-order chi connectivity index (χ0) is 19.0. The number of amides is 1. The van der Waals surface area contributed by atoms with Crippen molar-refractivity contribution in [2.24, 2.45) is 7.05 Å². The lowest BCUT2D eigenvalue weighted by molar-refractivity contribution is 0.0951. The number of benzene rings is 1. The Kier molecular flexibility index (Phi) is 4.49. The number of nitrogens with one attached hydrogen (secondary N) is 1. The number of rotatable bonds is 4. The molecule has 4 rings (SSSR count). The number of aromatic nitrogens is 5. The van der Waals surface area contributed by atoms with Crippen LogP contribution in [-0.2, 0) is 13.6 Å². The lowest BCUT2D eigenvalue weighted by Gasteiger charge is -2.07. The number of carbonyl (C=O) groups excluding carboxylic acids is 1. The van der Waals surface area contributed by atoms with Gasteiger partial charge in [-0.05, 0) is 28.9 Å². The lowest BCUT2D eigenvalue weighted by Crippen LogP contribution is -2.24. The minimum absolute atomic E-state index is 0.230. The highest BCUT2D eigenvalue weighted by atomic mass is 79.9. The van der Waals surface area contributed by atoms with Gasteiger partial charge in [0.2, 0.25) is 0 Å². The minimum Gasteiger partial charge on any atom is -0.346 e. The van der Waals surface area contributed by atoms with Crippen molar-refractivity contribution >= 4 is 27.5 Å². The van der Waals surface area contributed by atoms with Gasteiger partial charge < -0.3 is 5.32 Å².